The second kappa shape index (κ2) is 22.9. The van der Waals surface area contributed by atoms with Gasteiger partial charge in [-0.1, -0.05) is 129 Å². The minimum atomic E-state index is -3.29. The molecule has 1 aliphatic rings. The third kappa shape index (κ3) is 13.9. The van der Waals surface area contributed by atoms with Crippen molar-refractivity contribution >= 4 is 21.8 Å². The molecule has 10 heteroatoms. The van der Waals surface area contributed by atoms with Crippen LogP contribution in [0.4, 0.5) is 10.5 Å². The molecule has 9 nitrogen and oxygen atoms in total. The van der Waals surface area contributed by atoms with E-state index in [2.05, 4.69) is 53.4 Å². The molecule has 5 aromatic carbocycles. The van der Waals surface area contributed by atoms with Crippen LogP contribution in [0, 0.1) is 5.92 Å². The van der Waals surface area contributed by atoms with Gasteiger partial charge in [0.2, 0.25) is 10.0 Å². The van der Waals surface area contributed by atoms with Crippen LogP contribution in [-0.2, 0) is 53.8 Å². The summed E-state index contributed by atoms with van der Waals surface area (Å²) in [6.07, 6.45) is 9.24. The van der Waals surface area contributed by atoms with Gasteiger partial charge in [-0.3, -0.25) is 4.72 Å². The average Bonchev–Trinajstić information content (AvgIpc) is 3.26. The van der Waals surface area contributed by atoms with Gasteiger partial charge < -0.3 is 24.4 Å². The molecule has 60 heavy (non-hydrogen) atoms. The first-order valence-electron chi connectivity index (χ1n) is 21.5. The van der Waals surface area contributed by atoms with E-state index in [1.54, 1.807) is 12.1 Å². The maximum Gasteiger partial charge on any atom is 0.410 e. The lowest BCUT2D eigenvalue weighted by Gasteiger charge is -2.39. The Balaban J connectivity index is 1.11. The lowest BCUT2D eigenvalue weighted by Crippen LogP contribution is -2.46. The molecule has 318 valence electrons. The number of nitrogens with zero attached hydrogens (tertiary/aromatic N) is 1. The van der Waals surface area contributed by atoms with Gasteiger partial charge in [-0.05, 0) is 110 Å². The highest BCUT2D eigenvalue weighted by Gasteiger charge is 2.35. The van der Waals surface area contributed by atoms with E-state index >= 15 is 0 Å². The highest BCUT2D eigenvalue weighted by molar-refractivity contribution is 7.92. The first-order valence-corrected chi connectivity index (χ1v) is 23.4. The summed E-state index contributed by atoms with van der Waals surface area (Å²) in [6.45, 7) is 5.69. The maximum atomic E-state index is 14.0. The molecule has 0 saturated carbocycles. The molecule has 0 bridgehead atoms. The summed E-state index contributed by atoms with van der Waals surface area (Å²) in [5.74, 6) is 1.85. The number of rotatable bonds is 23. The van der Waals surface area contributed by atoms with Gasteiger partial charge in [0.15, 0.2) is 11.5 Å². The van der Waals surface area contributed by atoms with E-state index in [4.69, 9.17) is 14.2 Å². The van der Waals surface area contributed by atoms with Crippen LogP contribution in [0.15, 0.2) is 127 Å². The number of carbonyl (C=O) groups is 1. The predicted molar refractivity (Wildman–Crippen MR) is 241 cm³/mol. The number of amides is 1. The van der Waals surface area contributed by atoms with Gasteiger partial charge in [-0.2, -0.15) is 0 Å². The van der Waals surface area contributed by atoms with Gasteiger partial charge in [-0.25, -0.2) is 13.2 Å². The fraction of sp³-hybridized carbons (Fsp3) is 0.380. The molecule has 0 fully saturated rings. The van der Waals surface area contributed by atoms with Crippen molar-refractivity contribution in [3.63, 3.8) is 0 Å². The van der Waals surface area contributed by atoms with Crippen molar-refractivity contribution in [2.24, 2.45) is 5.92 Å². The Bertz CT molecular complexity index is 2150. The van der Waals surface area contributed by atoms with Crippen molar-refractivity contribution in [2.75, 3.05) is 30.6 Å². The van der Waals surface area contributed by atoms with Crippen LogP contribution in [0.1, 0.15) is 78.8 Å². The third-order valence-corrected chi connectivity index (χ3v) is 11.7. The van der Waals surface area contributed by atoms with Crippen LogP contribution >= 0.6 is 0 Å². The third-order valence-electron chi connectivity index (χ3n) is 11.1. The zero-order chi connectivity index (χ0) is 42.0. The van der Waals surface area contributed by atoms with Crippen molar-refractivity contribution in [1.29, 1.82) is 0 Å². The van der Waals surface area contributed by atoms with Crippen LogP contribution in [0.5, 0.6) is 11.5 Å². The van der Waals surface area contributed by atoms with E-state index in [0.717, 1.165) is 111 Å². The van der Waals surface area contributed by atoms with E-state index < -0.39 is 10.0 Å². The van der Waals surface area contributed by atoms with Gasteiger partial charge in [0, 0.05) is 23.8 Å². The first kappa shape index (κ1) is 44.2. The molecule has 6 rings (SSSR count). The van der Waals surface area contributed by atoms with Crippen molar-refractivity contribution in [3.05, 3.63) is 161 Å². The Labute approximate surface area is 357 Å². The zero-order valence-electron chi connectivity index (χ0n) is 35.2. The van der Waals surface area contributed by atoms with E-state index in [9.17, 15) is 13.2 Å². The molecular formula is C50H61N3O6S. The number of fused-ring (bicyclic) bond motifs is 1. The van der Waals surface area contributed by atoms with Crippen molar-refractivity contribution < 1.29 is 27.4 Å². The lowest BCUT2D eigenvalue weighted by molar-refractivity contribution is 0.0605. The number of unbranched alkanes of at least 4 members (excludes halogenated alkanes) is 2. The summed E-state index contributed by atoms with van der Waals surface area (Å²) >= 11 is 0. The molecule has 2 atom stereocenters. The summed E-state index contributed by atoms with van der Waals surface area (Å²) in [6, 6.07) is 42.2. The molecule has 1 unspecified atom stereocenters. The number of hydrogen-bond acceptors (Lipinski definition) is 7. The predicted octanol–water partition coefficient (Wildman–Crippen LogP) is 10.1. The fourth-order valence-corrected chi connectivity index (χ4v) is 8.63. The molecule has 0 heterocycles. The molecule has 2 N–H and O–H groups in total. The largest absolute Gasteiger partial charge is 0.485 e. The SMILES string of the molecule is CCCN(C(=O)OCc1ccccc1)[C@@H](CCCCCNCCc1ccc(NS(C)(=O)=O)cc1)C1CCc2c(ccc(OCc3ccccc3)c2OCc2ccccc2)C1. The topological polar surface area (TPSA) is 106 Å². The standard InChI is InChI=1S/C50H61N3O6S/c1-3-34-53(50(54)59-38-42-20-12-6-13-21-42)47(22-14-7-15-32-51-33-31-39-23-27-45(28-24-39)52-60(2,55)56)44-25-29-46-43(35-44)26-30-48(57-36-40-16-8-4-9-17-40)49(46)58-37-41-18-10-5-11-19-41/h4-6,8-13,16-21,23-24,26-28,30,44,47,51-52H,3,7,14-15,22,25,29,31-38H2,1-2H3/t44?,47-/m0/s1. The zero-order valence-corrected chi connectivity index (χ0v) is 36.0. The van der Waals surface area contributed by atoms with Crippen LogP contribution < -0.4 is 19.5 Å². The summed E-state index contributed by atoms with van der Waals surface area (Å²) in [5, 5.41) is 3.57. The Kier molecular flexibility index (Phi) is 16.9. The number of benzene rings is 5. The minimum Gasteiger partial charge on any atom is -0.485 e. The van der Waals surface area contributed by atoms with Gasteiger partial charge in [0.25, 0.3) is 0 Å². The second-order valence-corrected chi connectivity index (χ2v) is 17.6. The van der Waals surface area contributed by atoms with Gasteiger partial charge in [0.1, 0.15) is 19.8 Å². The average molecular weight is 832 g/mol. The summed E-state index contributed by atoms with van der Waals surface area (Å²) in [5.41, 5.74) is 7.37. The van der Waals surface area contributed by atoms with Gasteiger partial charge in [-0.15, -0.1) is 0 Å². The van der Waals surface area contributed by atoms with Crippen LogP contribution in [-0.4, -0.2) is 51.3 Å². The number of anilines is 1. The molecule has 0 aromatic heterocycles. The normalized spacial score (nSPS) is 14.1. The van der Waals surface area contributed by atoms with Crippen LogP contribution in [0.3, 0.4) is 0 Å². The smallest absolute Gasteiger partial charge is 0.410 e. The lowest BCUT2D eigenvalue weighted by atomic mass is 9.77. The molecule has 0 saturated heterocycles. The molecule has 0 aliphatic heterocycles. The molecule has 0 spiro atoms. The number of hydrogen-bond donors (Lipinski definition) is 2. The molecule has 1 amide bonds. The Morgan fingerprint density at radius 2 is 1.37 bits per heavy atom. The Hall–Kier alpha value is -5.32. The number of sulfonamides is 1. The number of carbonyl (C=O) groups excluding carboxylic acids is 1. The quantitative estimate of drug-likeness (QED) is 0.0632. The van der Waals surface area contributed by atoms with Crippen molar-refractivity contribution in [2.45, 2.75) is 90.6 Å². The first-order chi connectivity index (χ1) is 29.3. The molecule has 5 aromatic rings. The van der Waals surface area contributed by atoms with Gasteiger partial charge in [0.05, 0.1) is 6.26 Å². The Morgan fingerprint density at radius 1 is 0.733 bits per heavy atom. The van der Waals surface area contributed by atoms with Gasteiger partial charge >= 0.3 is 6.09 Å². The van der Waals surface area contributed by atoms with E-state index in [0.29, 0.717) is 25.4 Å². The minimum absolute atomic E-state index is 0.0391. The molecule has 0 radical (unpaired) electrons. The molecular weight excluding hydrogens is 771 g/mol. The van der Waals surface area contributed by atoms with E-state index in [1.165, 1.54) is 11.1 Å². The maximum absolute atomic E-state index is 14.0. The van der Waals surface area contributed by atoms with E-state index in [1.807, 2.05) is 83.8 Å². The summed E-state index contributed by atoms with van der Waals surface area (Å²) in [4.78, 5) is 16.0. The number of nitrogens with one attached hydrogen (secondary N) is 2. The highest BCUT2D eigenvalue weighted by atomic mass is 32.2. The van der Waals surface area contributed by atoms with E-state index in [-0.39, 0.29) is 24.7 Å². The highest BCUT2D eigenvalue weighted by Crippen LogP contribution is 2.42. The Morgan fingerprint density at radius 3 is 2.00 bits per heavy atom. The summed E-state index contributed by atoms with van der Waals surface area (Å²) < 4.78 is 44.6. The molecule has 1 aliphatic carbocycles. The van der Waals surface area contributed by atoms with Crippen LogP contribution in [0.25, 0.3) is 0 Å². The fourth-order valence-electron chi connectivity index (χ4n) is 8.07. The number of ether oxygens (including phenoxy) is 3. The monoisotopic (exact) mass is 831 g/mol. The summed E-state index contributed by atoms with van der Waals surface area (Å²) in [7, 11) is -3.29. The van der Waals surface area contributed by atoms with Crippen molar-refractivity contribution in [1.82, 2.24) is 10.2 Å². The second-order valence-electron chi connectivity index (χ2n) is 15.8. The van der Waals surface area contributed by atoms with Crippen LogP contribution in [0.2, 0.25) is 0 Å². The van der Waals surface area contributed by atoms with Crippen molar-refractivity contribution in [3.8, 4) is 11.5 Å².